The number of ketones is 1. The highest BCUT2D eigenvalue weighted by Crippen LogP contribution is 2.27. The first kappa shape index (κ1) is 13.2. The minimum Gasteiger partial charge on any atom is -0.358 e. The van der Waals surface area contributed by atoms with E-state index in [0.717, 1.165) is 16.6 Å². The molecular formula is C16H11Cl2NO. The van der Waals surface area contributed by atoms with Crippen LogP contribution in [0.5, 0.6) is 0 Å². The highest BCUT2D eigenvalue weighted by molar-refractivity contribution is 6.35. The molecule has 2 aromatic carbocycles. The van der Waals surface area contributed by atoms with E-state index in [1.54, 1.807) is 18.2 Å². The van der Waals surface area contributed by atoms with E-state index in [0.29, 0.717) is 21.2 Å². The minimum absolute atomic E-state index is 0.0793. The molecule has 0 spiro atoms. The van der Waals surface area contributed by atoms with Crippen LogP contribution in [0.15, 0.2) is 42.5 Å². The van der Waals surface area contributed by atoms with Crippen LogP contribution in [0.25, 0.3) is 10.9 Å². The van der Waals surface area contributed by atoms with Gasteiger partial charge in [-0.25, -0.2) is 0 Å². The van der Waals surface area contributed by atoms with Crippen LogP contribution in [-0.4, -0.2) is 10.8 Å². The number of benzene rings is 2. The van der Waals surface area contributed by atoms with Crippen LogP contribution in [-0.2, 0) is 0 Å². The lowest BCUT2D eigenvalue weighted by molar-refractivity contribution is 0.103. The van der Waals surface area contributed by atoms with Crippen molar-refractivity contribution in [3.8, 4) is 0 Å². The summed E-state index contributed by atoms with van der Waals surface area (Å²) in [6.45, 7) is 1.89. The molecule has 100 valence electrons. The number of H-pyrrole nitrogens is 1. The number of hydrogen-bond donors (Lipinski definition) is 1. The third kappa shape index (κ3) is 2.21. The molecule has 1 N–H and O–H groups in total. The molecule has 20 heavy (non-hydrogen) atoms. The van der Waals surface area contributed by atoms with Crippen molar-refractivity contribution in [3.05, 3.63) is 69.3 Å². The van der Waals surface area contributed by atoms with E-state index in [4.69, 9.17) is 23.2 Å². The van der Waals surface area contributed by atoms with Gasteiger partial charge in [0.2, 0.25) is 0 Å². The summed E-state index contributed by atoms with van der Waals surface area (Å²) in [4.78, 5) is 15.9. The predicted octanol–water partition coefficient (Wildman–Crippen LogP) is 5.01. The number of aromatic amines is 1. The van der Waals surface area contributed by atoms with Crippen LogP contribution in [0.3, 0.4) is 0 Å². The number of carbonyl (C=O) groups is 1. The molecule has 4 heteroatoms. The Kier molecular flexibility index (Phi) is 3.28. The summed E-state index contributed by atoms with van der Waals surface area (Å²) >= 11 is 11.9. The van der Waals surface area contributed by atoms with Gasteiger partial charge in [0.1, 0.15) is 0 Å². The zero-order valence-electron chi connectivity index (χ0n) is 10.7. The lowest BCUT2D eigenvalue weighted by atomic mass is 10.0. The summed E-state index contributed by atoms with van der Waals surface area (Å²) in [5.74, 6) is -0.0793. The third-order valence-corrected chi connectivity index (χ3v) is 3.68. The third-order valence-electron chi connectivity index (χ3n) is 3.25. The molecule has 0 atom stereocenters. The number of rotatable bonds is 2. The van der Waals surface area contributed by atoms with E-state index in [1.807, 2.05) is 31.2 Å². The van der Waals surface area contributed by atoms with Crippen molar-refractivity contribution in [1.29, 1.82) is 0 Å². The number of fused-ring (bicyclic) bond motifs is 1. The molecule has 0 fully saturated rings. The van der Waals surface area contributed by atoms with Gasteiger partial charge in [0.05, 0.1) is 5.56 Å². The zero-order valence-corrected chi connectivity index (χ0v) is 12.2. The Morgan fingerprint density at radius 3 is 2.40 bits per heavy atom. The van der Waals surface area contributed by atoms with Gasteiger partial charge in [0, 0.05) is 32.2 Å². The Balaban J connectivity index is 2.20. The van der Waals surface area contributed by atoms with Crippen LogP contribution < -0.4 is 0 Å². The molecule has 0 radical (unpaired) electrons. The summed E-state index contributed by atoms with van der Waals surface area (Å²) < 4.78 is 0. The first-order valence-corrected chi connectivity index (χ1v) is 6.90. The fraction of sp³-hybridized carbons (Fsp3) is 0.0625. The van der Waals surface area contributed by atoms with Gasteiger partial charge < -0.3 is 4.98 Å². The smallest absolute Gasteiger partial charge is 0.195 e. The fourth-order valence-electron chi connectivity index (χ4n) is 2.40. The molecule has 0 saturated heterocycles. The lowest BCUT2D eigenvalue weighted by Gasteiger charge is -2.03. The van der Waals surface area contributed by atoms with Gasteiger partial charge in [-0.05, 0) is 31.2 Å². The first-order chi connectivity index (χ1) is 9.56. The van der Waals surface area contributed by atoms with E-state index in [9.17, 15) is 4.79 Å². The van der Waals surface area contributed by atoms with Gasteiger partial charge in [-0.1, -0.05) is 41.4 Å². The fourth-order valence-corrected chi connectivity index (χ4v) is 2.92. The largest absolute Gasteiger partial charge is 0.358 e. The number of hydrogen-bond acceptors (Lipinski definition) is 1. The Labute approximate surface area is 126 Å². The molecule has 1 aromatic heterocycles. The molecule has 0 aliphatic heterocycles. The van der Waals surface area contributed by atoms with Crippen molar-refractivity contribution in [1.82, 2.24) is 4.98 Å². The highest BCUT2D eigenvalue weighted by atomic mass is 35.5. The SMILES string of the molecule is Cc1[nH]c2ccccc2c1C(=O)c1cc(Cl)cc(Cl)c1. The molecule has 0 saturated carbocycles. The van der Waals surface area contributed by atoms with Crippen molar-refractivity contribution in [2.24, 2.45) is 0 Å². The topological polar surface area (TPSA) is 32.9 Å². The van der Waals surface area contributed by atoms with E-state index in [1.165, 1.54) is 0 Å². The van der Waals surface area contributed by atoms with Crippen molar-refractivity contribution < 1.29 is 4.79 Å². The number of halogens is 2. The maximum absolute atomic E-state index is 12.7. The van der Waals surface area contributed by atoms with Gasteiger partial charge in [0.15, 0.2) is 5.78 Å². The molecule has 0 unspecified atom stereocenters. The van der Waals surface area contributed by atoms with E-state index < -0.39 is 0 Å². The number of nitrogens with one attached hydrogen (secondary N) is 1. The second kappa shape index (κ2) is 4.97. The molecule has 3 aromatic rings. The monoisotopic (exact) mass is 303 g/mol. The second-order valence-corrected chi connectivity index (χ2v) is 5.53. The van der Waals surface area contributed by atoms with Crippen LogP contribution in [0.4, 0.5) is 0 Å². The summed E-state index contributed by atoms with van der Waals surface area (Å²) in [6.07, 6.45) is 0. The maximum atomic E-state index is 12.7. The first-order valence-electron chi connectivity index (χ1n) is 6.14. The van der Waals surface area contributed by atoms with Crippen LogP contribution in [0.2, 0.25) is 10.0 Å². The summed E-state index contributed by atoms with van der Waals surface area (Å²) in [5, 5.41) is 1.82. The van der Waals surface area contributed by atoms with E-state index in [2.05, 4.69) is 4.98 Å². The van der Waals surface area contributed by atoms with Crippen LogP contribution in [0, 0.1) is 6.92 Å². The lowest BCUT2D eigenvalue weighted by Crippen LogP contribution is -2.02. The van der Waals surface area contributed by atoms with Crippen LogP contribution in [0.1, 0.15) is 21.6 Å². The molecule has 0 aliphatic rings. The molecule has 3 rings (SSSR count). The normalized spacial score (nSPS) is 10.9. The van der Waals surface area contributed by atoms with E-state index >= 15 is 0 Å². The van der Waals surface area contributed by atoms with Gasteiger partial charge in [-0.2, -0.15) is 0 Å². The molecule has 2 nitrogen and oxygen atoms in total. The molecular weight excluding hydrogens is 293 g/mol. The summed E-state index contributed by atoms with van der Waals surface area (Å²) in [7, 11) is 0. The van der Waals surface area contributed by atoms with Crippen molar-refractivity contribution >= 4 is 39.9 Å². The Morgan fingerprint density at radius 2 is 1.70 bits per heavy atom. The Hall–Kier alpha value is -1.77. The number of carbonyl (C=O) groups excluding carboxylic acids is 1. The minimum atomic E-state index is -0.0793. The molecule has 1 heterocycles. The molecule has 0 amide bonds. The summed E-state index contributed by atoms with van der Waals surface area (Å²) in [5.41, 5.74) is 2.95. The maximum Gasteiger partial charge on any atom is 0.195 e. The van der Waals surface area contributed by atoms with Crippen molar-refractivity contribution in [2.45, 2.75) is 6.92 Å². The molecule has 0 aliphatic carbocycles. The average molecular weight is 304 g/mol. The van der Waals surface area contributed by atoms with Gasteiger partial charge in [-0.15, -0.1) is 0 Å². The summed E-state index contributed by atoms with van der Waals surface area (Å²) in [6, 6.07) is 12.6. The highest BCUT2D eigenvalue weighted by Gasteiger charge is 2.18. The number of aromatic nitrogens is 1. The van der Waals surface area contributed by atoms with Gasteiger partial charge >= 0.3 is 0 Å². The van der Waals surface area contributed by atoms with Crippen molar-refractivity contribution in [3.63, 3.8) is 0 Å². The molecule has 0 bridgehead atoms. The standard InChI is InChI=1S/C16H11Cl2NO/c1-9-15(13-4-2-3-5-14(13)19-9)16(20)10-6-11(17)8-12(18)7-10/h2-8,19H,1H3. The second-order valence-electron chi connectivity index (χ2n) is 4.66. The predicted molar refractivity (Wildman–Crippen MR) is 82.9 cm³/mol. The Bertz CT molecular complexity index is 800. The quantitative estimate of drug-likeness (QED) is 0.663. The van der Waals surface area contributed by atoms with Crippen molar-refractivity contribution in [2.75, 3.05) is 0 Å². The average Bonchev–Trinajstić information content (AvgIpc) is 2.72. The number of aryl methyl sites for hydroxylation is 1. The van der Waals surface area contributed by atoms with Crippen LogP contribution >= 0.6 is 23.2 Å². The van der Waals surface area contributed by atoms with E-state index in [-0.39, 0.29) is 5.78 Å². The zero-order chi connectivity index (χ0) is 14.3. The number of para-hydroxylation sites is 1. The Morgan fingerprint density at radius 1 is 1.05 bits per heavy atom. The van der Waals surface area contributed by atoms with Gasteiger partial charge in [-0.3, -0.25) is 4.79 Å². The van der Waals surface area contributed by atoms with Gasteiger partial charge in [0.25, 0.3) is 0 Å².